The minimum Gasteiger partial charge on any atom is -0.0845 e. The molecule has 0 aromatic rings. The Morgan fingerprint density at radius 2 is 1.25 bits per heavy atom. The molecule has 0 saturated carbocycles. The van der Waals surface area contributed by atoms with Crippen molar-refractivity contribution in [1.82, 2.24) is 0 Å². The molecule has 0 aromatic heterocycles. The van der Waals surface area contributed by atoms with Crippen molar-refractivity contribution in [1.29, 1.82) is 0 Å². The van der Waals surface area contributed by atoms with Crippen molar-refractivity contribution in [2.24, 2.45) is 0 Å². The average Bonchev–Trinajstić information content (AvgIpc) is 2.46. The van der Waals surface area contributed by atoms with Gasteiger partial charge in [-0.2, -0.15) is 0 Å². The van der Waals surface area contributed by atoms with E-state index in [-0.39, 0.29) is 0 Å². The van der Waals surface area contributed by atoms with Crippen LogP contribution in [0.4, 0.5) is 0 Å². The fourth-order valence-corrected chi connectivity index (χ4v) is 7.53. The van der Waals surface area contributed by atoms with E-state index in [1.54, 1.807) is 0 Å². The Morgan fingerprint density at radius 3 is 2.00 bits per heavy atom. The highest BCUT2D eigenvalue weighted by Crippen LogP contribution is 2.43. The van der Waals surface area contributed by atoms with E-state index in [4.69, 9.17) is 0 Å². The Hall–Kier alpha value is 0.880. The summed E-state index contributed by atoms with van der Waals surface area (Å²) in [5.74, 6) is 1.31. The van der Waals surface area contributed by atoms with Crippen LogP contribution >= 0.6 is 41.2 Å². The minimum absolute atomic E-state index is 1.24. The highest BCUT2D eigenvalue weighted by atomic mass is 33.7. The Kier molecular flexibility index (Phi) is 15.4. The zero-order valence-electron chi connectivity index (χ0n) is 12.4. The molecule has 1 aliphatic rings. The highest BCUT2D eigenvalue weighted by Gasteiger charge is 1.95. The molecule has 20 heavy (non-hydrogen) atoms. The van der Waals surface area contributed by atoms with Gasteiger partial charge in [-0.1, -0.05) is 91.2 Å². The van der Waals surface area contributed by atoms with Gasteiger partial charge in [-0.15, -0.1) is 0 Å². The Morgan fingerprint density at radius 1 is 0.600 bits per heavy atom. The molecule has 0 unspecified atom stereocenters. The van der Waals surface area contributed by atoms with Gasteiger partial charge in [0.15, 0.2) is 0 Å². The number of rotatable bonds is 0. The lowest BCUT2D eigenvalue weighted by atomic mass is 10.1. The van der Waals surface area contributed by atoms with Crippen LogP contribution in [0.25, 0.3) is 0 Å². The summed E-state index contributed by atoms with van der Waals surface area (Å²) in [5.41, 5.74) is 0. The molecular weight excluding hydrogens is 320 g/mol. The largest absolute Gasteiger partial charge is 0.0845 e. The van der Waals surface area contributed by atoms with Crippen molar-refractivity contribution in [2.45, 2.75) is 70.6 Å². The molecule has 0 fully saturated rings. The van der Waals surface area contributed by atoms with E-state index in [9.17, 15) is 0 Å². The minimum atomic E-state index is 1.24. The predicted molar refractivity (Wildman–Crippen MR) is 104 cm³/mol. The second kappa shape index (κ2) is 16.3. The molecule has 0 aliphatic carbocycles. The molecule has 1 aliphatic heterocycles. The SMILES string of the molecule is C1=CCCCCCCCCCCCCSSSSC=C1. The van der Waals surface area contributed by atoms with Crippen molar-refractivity contribution < 1.29 is 0 Å². The van der Waals surface area contributed by atoms with Crippen LogP contribution < -0.4 is 0 Å². The number of hydrogen-bond donors (Lipinski definition) is 0. The third-order valence-corrected chi connectivity index (χ3v) is 9.40. The maximum atomic E-state index is 2.31. The smallest absolute Gasteiger partial charge is 0.00454 e. The summed E-state index contributed by atoms with van der Waals surface area (Å²) in [4.78, 5) is 0. The van der Waals surface area contributed by atoms with E-state index in [0.29, 0.717) is 0 Å². The second-order valence-corrected chi connectivity index (χ2v) is 11.1. The summed E-state index contributed by atoms with van der Waals surface area (Å²) < 4.78 is 0. The van der Waals surface area contributed by atoms with Crippen LogP contribution in [0.1, 0.15) is 70.6 Å². The Balaban J connectivity index is 2.12. The molecule has 0 atom stereocenters. The van der Waals surface area contributed by atoms with Crippen LogP contribution in [-0.2, 0) is 0 Å². The average molecular weight is 349 g/mol. The van der Waals surface area contributed by atoms with Crippen LogP contribution in [0.3, 0.4) is 0 Å². The summed E-state index contributed by atoms with van der Waals surface area (Å²) in [6, 6.07) is 0. The topological polar surface area (TPSA) is 0 Å². The molecule has 116 valence electrons. The first kappa shape index (κ1) is 18.9. The molecular formula is C16H28S4. The van der Waals surface area contributed by atoms with Gasteiger partial charge in [0.05, 0.1) is 0 Å². The first-order valence-electron chi connectivity index (χ1n) is 7.93. The molecule has 0 bridgehead atoms. The van der Waals surface area contributed by atoms with Crippen molar-refractivity contribution in [2.75, 3.05) is 5.75 Å². The van der Waals surface area contributed by atoms with Gasteiger partial charge in [0.1, 0.15) is 0 Å². The Bertz CT molecular complexity index is 225. The molecule has 0 nitrogen and oxygen atoms in total. The fraction of sp³-hybridized carbons (Fsp3) is 0.750. The van der Waals surface area contributed by atoms with Crippen LogP contribution in [0.5, 0.6) is 0 Å². The van der Waals surface area contributed by atoms with Gasteiger partial charge in [-0.3, -0.25) is 0 Å². The molecule has 0 radical (unpaired) electrons. The van der Waals surface area contributed by atoms with Crippen molar-refractivity contribution in [3.05, 3.63) is 23.6 Å². The van der Waals surface area contributed by atoms with Gasteiger partial charge < -0.3 is 0 Å². The van der Waals surface area contributed by atoms with Crippen LogP contribution in [0.15, 0.2) is 23.6 Å². The standard InChI is InChI=1S/C16H28S4/c1-2-4-6-8-10-12-14-16-18-20-19-17-15-13-11-9-7-5-3-1/h9,11,13,15H,1-8,10,12,14,16H2. The predicted octanol–water partition coefficient (Wildman–Crippen LogP) is 8.04. The van der Waals surface area contributed by atoms with E-state index in [1.807, 2.05) is 41.2 Å². The van der Waals surface area contributed by atoms with Gasteiger partial charge in [-0.05, 0) is 44.3 Å². The van der Waals surface area contributed by atoms with Gasteiger partial charge in [0.25, 0.3) is 0 Å². The highest BCUT2D eigenvalue weighted by molar-refractivity contribution is 9.26. The third-order valence-electron chi connectivity index (χ3n) is 3.34. The monoisotopic (exact) mass is 348 g/mol. The van der Waals surface area contributed by atoms with E-state index in [1.165, 1.54) is 76.4 Å². The van der Waals surface area contributed by atoms with E-state index in [2.05, 4.69) is 23.6 Å². The van der Waals surface area contributed by atoms with Gasteiger partial charge in [0, 0.05) is 5.75 Å². The number of hydrogen-bond acceptors (Lipinski definition) is 4. The summed E-state index contributed by atoms with van der Waals surface area (Å²) in [7, 11) is 7.64. The molecule has 0 N–H and O–H groups in total. The maximum absolute atomic E-state index is 2.31. The summed E-state index contributed by atoms with van der Waals surface area (Å²) in [6.07, 6.45) is 22.2. The van der Waals surface area contributed by atoms with Gasteiger partial charge >= 0.3 is 0 Å². The molecule has 1 rings (SSSR count). The molecule has 0 spiro atoms. The van der Waals surface area contributed by atoms with E-state index in [0.717, 1.165) is 0 Å². The molecule has 0 saturated heterocycles. The third kappa shape index (κ3) is 13.8. The van der Waals surface area contributed by atoms with Gasteiger partial charge in [-0.25, -0.2) is 0 Å². The fourth-order valence-electron chi connectivity index (χ4n) is 2.18. The maximum Gasteiger partial charge on any atom is 0.00454 e. The van der Waals surface area contributed by atoms with Crippen molar-refractivity contribution in [3.8, 4) is 0 Å². The second-order valence-electron chi connectivity index (χ2n) is 5.14. The normalized spacial score (nSPS) is 22.4. The van der Waals surface area contributed by atoms with E-state index >= 15 is 0 Å². The molecule has 0 amide bonds. The molecule has 1 heterocycles. The molecule has 4 heteroatoms. The van der Waals surface area contributed by atoms with Gasteiger partial charge in [0.2, 0.25) is 0 Å². The number of allylic oxidation sites excluding steroid dienone is 3. The van der Waals surface area contributed by atoms with Crippen molar-refractivity contribution in [3.63, 3.8) is 0 Å². The zero-order chi connectivity index (χ0) is 14.1. The lowest BCUT2D eigenvalue weighted by Crippen LogP contribution is -1.83. The van der Waals surface area contributed by atoms with Crippen LogP contribution in [-0.4, -0.2) is 5.75 Å². The molecule has 0 aromatic carbocycles. The van der Waals surface area contributed by atoms with E-state index < -0.39 is 0 Å². The zero-order valence-corrected chi connectivity index (χ0v) is 15.7. The van der Waals surface area contributed by atoms with Crippen molar-refractivity contribution >= 4 is 41.2 Å². The first-order chi connectivity index (χ1) is 10.0. The lowest BCUT2D eigenvalue weighted by Gasteiger charge is -2.02. The Labute approximate surface area is 141 Å². The quantitative estimate of drug-likeness (QED) is 0.406. The summed E-state index contributed by atoms with van der Waals surface area (Å²) in [6.45, 7) is 0. The summed E-state index contributed by atoms with van der Waals surface area (Å²) in [5, 5.41) is 2.19. The van der Waals surface area contributed by atoms with Crippen LogP contribution in [0, 0.1) is 0 Å². The lowest BCUT2D eigenvalue weighted by molar-refractivity contribution is 0.558. The van der Waals surface area contributed by atoms with Crippen LogP contribution in [0.2, 0.25) is 0 Å². The first-order valence-corrected chi connectivity index (χ1v) is 13.0. The summed E-state index contributed by atoms with van der Waals surface area (Å²) >= 11 is 0.